The molecular formula is C12H17N5. The molecule has 0 saturated carbocycles. The maximum absolute atomic E-state index is 4.41. The molecule has 0 radical (unpaired) electrons. The van der Waals surface area contributed by atoms with Crippen LogP contribution in [0.3, 0.4) is 0 Å². The van der Waals surface area contributed by atoms with Gasteiger partial charge < -0.3 is 5.32 Å². The van der Waals surface area contributed by atoms with E-state index in [2.05, 4.69) is 32.4 Å². The molecule has 0 saturated heterocycles. The van der Waals surface area contributed by atoms with Gasteiger partial charge in [-0.25, -0.2) is 0 Å². The minimum atomic E-state index is 0.298. The first-order valence-corrected chi connectivity index (χ1v) is 5.75. The van der Waals surface area contributed by atoms with E-state index in [-0.39, 0.29) is 0 Å². The summed E-state index contributed by atoms with van der Waals surface area (Å²) in [6.07, 6.45) is 8.22. The van der Waals surface area contributed by atoms with Crippen molar-refractivity contribution in [2.24, 2.45) is 0 Å². The second kappa shape index (κ2) is 5.54. The van der Waals surface area contributed by atoms with E-state index in [0.717, 1.165) is 24.4 Å². The van der Waals surface area contributed by atoms with Crippen molar-refractivity contribution in [1.29, 1.82) is 0 Å². The van der Waals surface area contributed by atoms with Crippen LogP contribution >= 0.6 is 0 Å². The zero-order chi connectivity index (χ0) is 12.1. The Kier molecular flexibility index (Phi) is 3.82. The molecule has 0 bridgehead atoms. The van der Waals surface area contributed by atoms with Crippen LogP contribution in [-0.2, 0) is 6.42 Å². The quantitative estimate of drug-likeness (QED) is 0.816. The molecule has 2 N–H and O–H groups in total. The third-order valence-electron chi connectivity index (χ3n) is 2.66. The zero-order valence-corrected chi connectivity index (χ0v) is 10.1. The smallest absolute Gasteiger partial charge is 0.0602 e. The topological polar surface area (TPSA) is 66.5 Å². The number of rotatable bonds is 5. The summed E-state index contributed by atoms with van der Waals surface area (Å²) in [6.45, 7) is 4.95. The molecule has 5 heteroatoms. The van der Waals surface area contributed by atoms with Gasteiger partial charge in [0.25, 0.3) is 0 Å². The Morgan fingerprint density at radius 2 is 2.24 bits per heavy atom. The normalized spacial score (nSPS) is 12.6. The molecule has 1 unspecified atom stereocenters. The van der Waals surface area contributed by atoms with Crippen molar-refractivity contribution in [3.05, 3.63) is 41.7 Å². The van der Waals surface area contributed by atoms with E-state index in [1.54, 1.807) is 6.20 Å². The highest BCUT2D eigenvalue weighted by Gasteiger charge is 2.05. The molecule has 0 aromatic carbocycles. The predicted octanol–water partition coefficient (Wildman–Crippen LogP) is 1.40. The van der Waals surface area contributed by atoms with Crippen LogP contribution in [0.1, 0.15) is 29.9 Å². The molecule has 2 aromatic heterocycles. The average molecular weight is 231 g/mol. The molecule has 0 spiro atoms. The third-order valence-corrected chi connectivity index (χ3v) is 2.66. The van der Waals surface area contributed by atoms with Gasteiger partial charge in [0, 0.05) is 43.2 Å². The van der Waals surface area contributed by atoms with Gasteiger partial charge in [-0.15, -0.1) is 0 Å². The highest BCUT2D eigenvalue weighted by Crippen LogP contribution is 2.08. The van der Waals surface area contributed by atoms with Gasteiger partial charge in [-0.3, -0.25) is 15.1 Å². The Bertz CT molecular complexity index is 452. The van der Waals surface area contributed by atoms with E-state index in [4.69, 9.17) is 0 Å². The van der Waals surface area contributed by atoms with Crippen molar-refractivity contribution in [3.8, 4) is 0 Å². The second-order valence-corrected chi connectivity index (χ2v) is 4.11. The minimum absolute atomic E-state index is 0.298. The van der Waals surface area contributed by atoms with Crippen LogP contribution in [0.15, 0.2) is 24.8 Å². The lowest BCUT2D eigenvalue weighted by Crippen LogP contribution is -2.21. The lowest BCUT2D eigenvalue weighted by atomic mass is 10.2. The van der Waals surface area contributed by atoms with Gasteiger partial charge in [-0.2, -0.15) is 5.10 Å². The Balaban J connectivity index is 1.80. The van der Waals surface area contributed by atoms with Gasteiger partial charge in [-0.05, 0) is 13.8 Å². The van der Waals surface area contributed by atoms with Gasteiger partial charge >= 0.3 is 0 Å². The zero-order valence-electron chi connectivity index (χ0n) is 10.1. The van der Waals surface area contributed by atoms with Gasteiger partial charge in [0.05, 0.1) is 17.6 Å². The first-order chi connectivity index (χ1) is 8.25. The molecule has 0 aliphatic heterocycles. The number of nitrogens with one attached hydrogen (secondary N) is 2. The molecule has 2 heterocycles. The molecule has 1 atom stereocenters. The maximum atomic E-state index is 4.41. The highest BCUT2D eigenvalue weighted by atomic mass is 15.1. The molecule has 0 fully saturated rings. The third kappa shape index (κ3) is 3.35. The molecule has 2 aromatic rings. The van der Waals surface area contributed by atoms with Gasteiger partial charge in [0.2, 0.25) is 0 Å². The maximum Gasteiger partial charge on any atom is 0.0602 e. The summed E-state index contributed by atoms with van der Waals surface area (Å²) in [5, 5.41) is 10.2. The van der Waals surface area contributed by atoms with Crippen molar-refractivity contribution in [1.82, 2.24) is 25.5 Å². The van der Waals surface area contributed by atoms with E-state index >= 15 is 0 Å². The number of hydrogen-bond donors (Lipinski definition) is 2. The number of aryl methyl sites for hydroxylation is 1. The SMILES string of the molecule is Cc1cncc(CCNC(C)c2cn[nH]c2)n1. The Labute approximate surface area is 101 Å². The standard InChI is InChI=1S/C12H17N5/c1-9-5-13-8-12(17-9)3-4-14-10(2)11-6-15-16-7-11/h5-8,10,14H,3-4H2,1-2H3,(H,15,16). The monoisotopic (exact) mass is 231 g/mol. The summed E-state index contributed by atoms with van der Waals surface area (Å²) in [4.78, 5) is 8.54. The first kappa shape index (κ1) is 11.7. The summed E-state index contributed by atoms with van der Waals surface area (Å²) in [6, 6.07) is 0.298. The van der Waals surface area contributed by atoms with Crippen molar-refractivity contribution in [2.75, 3.05) is 6.54 Å². The Morgan fingerprint density at radius 3 is 2.94 bits per heavy atom. The van der Waals surface area contributed by atoms with Gasteiger partial charge in [0.15, 0.2) is 0 Å². The van der Waals surface area contributed by atoms with Crippen molar-refractivity contribution in [3.63, 3.8) is 0 Å². The predicted molar refractivity (Wildman–Crippen MR) is 65.5 cm³/mol. The fourth-order valence-corrected chi connectivity index (χ4v) is 1.67. The number of nitrogens with zero attached hydrogens (tertiary/aromatic N) is 3. The van der Waals surface area contributed by atoms with Crippen molar-refractivity contribution in [2.45, 2.75) is 26.3 Å². The molecule has 0 amide bonds. The molecule has 17 heavy (non-hydrogen) atoms. The van der Waals surface area contributed by atoms with Gasteiger partial charge in [-0.1, -0.05) is 0 Å². The Morgan fingerprint density at radius 1 is 1.35 bits per heavy atom. The van der Waals surface area contributed by atoms with E-state index in [1.165, 1.54) is 5.56 Å². The van der Waals surface area contributed by atoms with Crippen LogP contribution < -0.4 is 5.32 Å². The fraction of sp³-hybridized carbons (Fsp3) is 0.417. The summed E-state index contributed by atoms with van der Waals surface area (Å²) >= 11 is 0. The molecule has 2 rings (SSSR count). The number of aromatic nitrogens is 4. The second-order valence-electron chi connectivity index (χ2n) is 4.11. The van der Waals surface area contributed by atoms with E-state index in [9.17, 15) is 0 Å². The summed E-state index contributed by atoms with van der Waals surface area (Å²) in [5.41, 5.74) is 3.16. The van der Waals surface area contributed by atoms with Crippen LogP contribution in [0.5, 0.6) is 0 Å². The van der Waals surface area contributed by atoms with E-state index in [1.807, 2.05) is 25.5 Å². The lowest BCUT2D eigenvalue weighted by Gasteiger charge is -2.11. The molecule has 0 aliphatic rings. The molecular weight excluding hydrogens is 214 g/mol. The first-order valence-electron chi connectivity index (χ1n) is 5.75. The lowest BCUT2D eigenvalue weighted by molar-refractivity contribution is 0.573. The molecule has 90 valence electrons. The summed E-state index contributed by atoms with van der Waals surface area (Å²) in [5.74, 6) is 0. The molecule has 5 nitrogen and oxygen atoms in total. The summed E-state index contributed by atoms with van der Waals surface area (Å²) in [7, 11) is 0. The Hall–Kier alpha value is -1.75. The van der Waals surface area contributed by atoms with Crippen LogP contribution in [-0.4, -0.2) is 26.7 Å². The van der Waals surface area contributed by atoms with Crippen molar-refractivity contribution < 1.29 is 0 Å². The molecule has 0 aliphatic carbocycles. The van der Waals surface area contributed by atoms with Crippen LogP contribution in [0.4, 0.5) is 0 Å². The minimum Gasteiger partial charge on any atom is -0.310 e. The van der Waals surface area contributed by atoms with Crippen molar-refractivity contribution >= 4 is 0 Å². The number of H-pyrrole nitrogens is 1. The van der Waals surface area contributed by atoms with Gasteiger partial charge in [0.1, 0.15) is 0 Å². The van der Waals surface area contributed by atoms with Crippen LogP contribution in [0.25, 0.3) is 0 Å². The van der Waals surface area contributed by atoms with Crippen LogP contribution in [0, 0.1) is 6.92 Å². The summed E-state index contributed by atoms with van der Waals surface area (Å²) < 4.78 is 0. The average Bonchev–Trinajstić information content (AvgIpc) is 2.82. The van der Waals surface area contributed by atoms with E-state index in [0.29, 0.717) is 6.04 Å². The van der Waals surface area contributed by atoms with E-state index < -0.39 is 0 Å². The number of aromatic amines is 1. The number of hydrogen-bond acceptors (Lipinski definition) is 4. The fourth-order valence-electron chi connectivity index (χ4n) is 1.67. The highest BCUT2D eigenvalue weighted by molar-refractivity contribution is 5.08. The largest absolute Gasteiger partial charge is 0.310 e. The van der Waals surface area contributed by atoms with Crippen LogP contribution in [0.2, 0.25) is 0 Å².